The molecule has 1 aliphatic rings. The molecule has 1 N–H and O–H groups in total. The van der Waals surface area contributed by atoms with E-state index in [9.17, 15) is 5.11 Å². The summed E-state index contributed by atoms with van der Waals surface area (Å²) in [5.74, 6) is 1.02. The number of ether oxygens (including phenoxy) is 1. The van der Waals surface area contributed by atoms with E-state index in [2.05, 4.69) is 56.3 Å². The van der Waals surface area contributed by atoms with Gasteiger partial charge in [-0.25, -0.2) is 0 Å². The molecule has 1 aliphatic carbocycles. The Hall–Kier alpha value is -0.610. The van der Waals surface area contributed by atoms with Crippen LogP contribution in [0, 0.1) is 11.8 Å². The minimum absolute atomic E-state index is 0. The molecule has 0 amide bonds. The van der Waals surface area contributed by atoms with E-state index in [1.165, 1.54) is 5.56 Å². The second-order valence-corrected chi connectivity index (χ2v) is 8.20. The Morgan fingerprint density at radius 1 is 1.27 bits per heavy atom. The van der Waals surface area contributed by atoms with Crippen LogP contribution in [-0.2, 0) is 11.2 Å². The number of rotatable bonds is 9. The van der Waals surface area contributed by atoms with Crippen molar-refractivity contribution in [3.63, 3.8) is 0 Å². The zero-order chi connectivity index (χ0) is 18.3. The third-order valence-electron chi connectivity index (χ3n) is 6.00. The lowest BCUT2D eigenvalue weighted by atomic mass is 9.67. The Labute approximate surface area is 166 Å². The fourth-order valence-corrected chi connectivity index (χ4v) is 4.44. The van der Waals surface area contributed by atoms with Crippen molar-refractivity contribution in [3.05, 3.63) is 35.9 Å². The van der Waals surface area contributed by atoms with Crippen molar-refractivity contribution < 1.29 is 9.84 Å². The largest absolute Gasteiger partial charge is 0.390 e. The quantitative estimate of drug-likeness (QED) is 0.678. The van der Waals surface area contributed by atoms with Crippen molar-refractivity contribution in [1.82, 2.24) is 4.90 Å². The summed E-state index contributed by atoms with van der Waals surface area (Å²) in [6.07, 6.45) is 7.39. The van der Waals surface area contributed by atoms with E-state index in [0.29, 0.717) is 11.8 Å². The van der Waals surface area contributed by atoms with Crippen LogP contribution in [0.15, 0.2) is 30.3 Å². The number of aliphatic hydroxyl groups is 1. The maximum absolute atomic E-state index is 11.4. The Bertz CT molecular complexity index is 492. The highest BCUT2D eigenvalue weighted by Gasteiger charge is 2.42. The molecule has 0 radical (unpaired) electrons. The van der Waals surface area contributed by atoms with Crippen LogP contribution in [-0.4, -0.2) is 49.5 Å². The van der Waals surface area contributed by atoms with Crippen molar-refractivity contribution >= 4 is 12.4 Å². The van der Waals surface area contributed by atoms with Gasteiger partial charge in [0.1, 0.15) is 0 Å². The Morgan fingerprint density at radius 2 is 1.96 bits per heavy atom. The molecule has 2 rings (SSSR count). The summed E-state index contributed by atoms with van der Waals surface area (Å²) in [6.45, 7) is 3.12. The molecule has 0 heterocycles. The van der Waals surface area contributed by atoms with E-state index in [-0.39, 0.29) is 18.5 Å². The molecule has 0 saturated heterocycles. The lowest BCUT2D eigenvalue weighted by molar-refractivity contribution is -0.0831. The molecule has 0 spiro atoms. The summed E-state index contributed by atoms with van der Waals surface area (Å²) >= 11 is 0. The van der Waals surface area contributed by atoms with Crippen LogP contribution in [0.25, 0.3) is 0 Å². The first kappa shape index (κ1) is 23.4. The van der Waals surface area contributed by atoms with Gasteiger partial charge in [-0.3, -0.25) is 0 Å². The number of hydrogen-bond donors (Lipinski definition) is 1. The van der Waals surface area contributed by atoms with Gasteiger partial charge in [0.15, 0.2) is 0 Å². The first-order valence-electron chi connectivity index (χ1n) is 9.90. The third kappa shape index (κ3) is 6.84. The molecule has 1 aromatic rings. The second kappa shape index (κ2) is 11.3. The Kier molecular flexibility index (Phi) is 10.2. The van der Waals surface area contributed by atoms with E-state index >= 15 is 0 Å². The molecule has 0 aromatic heterocycles. The lowest BCUT2D eigenvalue weighted by Crippen LogP contribution is -2.48. The smallest absolute Gasteiger partial charge is 0.0689 e. The molecule has 1 fully saturated rings. The van der Waals surface area contributed by atoms with E-state index in [1.54, 1.807) is 7.11 Å². The highest BCUT2D eigenvalue weighted by atomic mass is 35.5. The highest BCUT2D eigenvalue weighted by molar-refractivity contribution is 5.85. The van der Waals surface area contributed by atoms with Crippen LogP contribution < -0.4 is 0 Å². The van der Waals surface area contributed by atoms with Gasteiger partial charge < -0.3 is 14.7 Å². The maximum atomic E-state index is 11.4. The molecular formula is C22H38ClNO2. The van der Waals surface area contributed by atoms with Crippen molar-refractivity contribution in [2.45, 2.75) is 63.6 Å². The van der Waals surface area contributed by atoms with Gasteiger partial charge in [0.05, 0.1) is 11.7 Å². The molecular weight excluding hydrogens is 346 g/mol. The summed E-state index contributed by atoms with van der Waals surface area (Å²) in [5.41, 5.74) is 0.885. The minimum Gasteiger partial charge on any atom is -0.390 e. The number of halogens is 1. The lowest BCUT2D eigenvalue weighted by Gasteiger charge is -2.45. The first-order valence-corrected chi connectivity index (χ1v) is 9.90. The number of nitrogens with zero attached hydrogens (tertiary/aromatic N) is 1. The topological polar surface area (TPSA) is 32.7 Å². The molecule has 1 saturated carbocycles. The van der Waals surface area contributed by atoms with E-state index < -0.39 is 5.60 Å². The average Bonchev–Trinajstić information content (AvgIpc) is 2.60. The van der Waals surface area contributed by atoms with Gasteiger partial charge in [-0.15, -0.1) is 12.4 Å². The fraction of sp³-hybridized carbons (Fsp3) is 0.727. The molecule has 4 atom stereocenters. The molecule has 0 bridgehead atoms. The number of methoxy groups -OCH3 is 1. The Morgan fingerprint density at radius 3 is 2.54 bits per heavy atom. The summed E-state index contributed by atoms with van der Waals surface area (Å²) in [4.78, 5) is 2.23. The van der Waals surface area contributed by atoms with Gasteiger partial charge in [-0.05, 0) is 70.5 Å². The van der Waals surface area contributed by atoms with Crippen molar-refractivity contribution in [3.8, 4) is 0 Å². The van der Waals surface area contributed by atoms with Gasteiger partial charge in [-0.1, -0.05) is 37.3 Å². The molecule has 150 valence electrons. The van der Waals surface area contributed by atoms with Crippen LogP contribution >= 0.6 is 12.4 Å². The minimum atomic E-state index is -0.538. The van der Waals surface area contributed by atoms with Crippen LogP contribution in [0.1, 0.15) is 51.0 Å². The van der Waals surface area contributed by atoms with Gasteiger partial charge in [0.25, 0.3) is 0 Å². The maximum Gasteiger partial charge on any atom is 0.0689 e. The van der Waals surface area contributed by atoms with Crippen molar-refractivity contribution in [1.29, 1.82) is 0 Å². The van der Waals surface area contributed by atoms with Crippen molar-refractivity contribution in [2.75, 3.05) is 27.7 Å². The third-order valence-corrected chi connectivity index (χ3v) is 6.00. The molecule has 0 aliphatic heterocycles. The average molecular weight is 384 g/mol. The van der Waals surface area contributed by atoms with Crippen LogP contribution in [0.4, 0.5) is 0 Å². The normalized spacial score (nSPS) is 27.2. The molecule has 26 heavy (non-hydrogen) atoms. The predicted octanol–water partition coefficient (Wildman–Crippen LogP) is 4.57. The molecule has 4 unspecified atom stereocenters. The highest BCUT2D eigenvalue weighted by Crippen LogP contribution is 2.41. The number of benzene rings is 1. The monoisotopic (exact) mass is 383 g/mol. The van der Waals surface area contributed by atoms with Crippen LogP contribution in [0.5, 0.6) is 0 Å². The summed E-state index contributed by atoms with van der Waals surface area (Å²) in [6, 6.07) is 10.8. The summed E-state index contributed by atoms with van der Waals surface area (Å²) in [7, 11) is 6.02. The van der Waals surface area contributed by atoms with Gasteiger partial charge >= 0.3 is 0 Å². The van der Waals surface area contributed by atoms with Gasteiger partial charge in [-0.2, -0.15) is 0 Å². The predicted molar refractivity (Wildman–Crippen MR) is 112 cm³/mol. The first-order chi connectivity index (χ1) is 12.0. The van der Waals surface area contributed by atoms with Gasteiger partial charge in [0.2, 0.25) is 0 Å². The Balaban J connectivity index is 0.00000338. The van der Waals surface area contributed by atoms with E-state index in [1.807, 2.05) is 0 Å². The summed E-state index contributed by atoms with van der Waals surface area (Å²) < 4.78 is 5.53. The van der Waals surface area contributed by atoms with Gasteiger partial charge in [0, 0.05) is 19.6 Å². The van der Waals surface area contributed by atoms with Crippen LogP contribution in [0.3, 0.4) is 0 Å². The molecule has 3 nitrogen and oxygen atoms in total. The second-order valence-electron chi connectivity index (χ2n) is 8.20. The number of hydrogen-bond acceptors (Lipinski definition) is 3. The molecule has 1 aromatic carbocycles. The zero-order valence-corrected chi connectivity index (χ0v) is 17.8. The van der Waals surface area contributed by atoms with Crippen LogP contribution in [0.2, 0.25) is 0 Å². The summed E-state index contributed by atoms with van der Waals surface area (Å²) in [5, 5.41) is 11.4. The SMILES string of the molecule is CCC(CCC1(O)CCC(Cc2ccccc2)CC1CN(C)C)OC.Cl. The zero-order valence-electron chi connectivity index (χ0n) is 17.0. The fourth-order valence-electron chi connectivity index (χ4n) is 4.44. The van der Waals surface area contributed by atoms with E-state index in [4.69, 9.17) is 4.74 Å². The molecule has 4 heteroatoms. The standard InChI is InChI=1S/C22H37NO2.ClH/c1-5-21(25-4)12-14-22(24)13-11-19(16-20(22)17-23(2)3)15-18-9-7-6-8-10-18;/h6-10,19-21,24H,5,11-17H2,1-4H3;1H. The van der Waals surface area contributed by atoms with E-state index in [0.717, 1.165) is 51.5 Å². The van der Waals surface area contributed by atoms with Crippen molar-refractivity contribution in [2.24, 2.45) is 11.8 Å².